The van der Waals surface area contributed by atoms with E-state index in [-0.39, 0.29) is 0 Å². The molecule has 0 aliphatic carbocycles. The molecule has 2 aliphatic rings. The van der Waals surface area contributed by atoms with Crippen LogP contribution in [0, 0.1) is 19.8 Å². The first-order chi connectivity index (χ1) is 12.2. The van der Waals surface area contributed by atoms with Crippen molar-refractivity contribution < 1.29 is 4.52 Å². The first kappa shape index (κ1) is 18.2. The van der Waals surface area contributed by atoms with E-state index in [1.165, 1.54) is 44.5 Å². The summed E-state index contributed by atoms with van der Waals surface area (Å²) in [5, 5.41) is 7.50. The van der Waals surface area contributed by atoms with Gasteiger partial charge in [0.15, 0.2) is 5.96 Å². The Hall–Kier alpha value is -1.56. The van der Waals surface area contributed by atoms with Crippen LogP contribution in [0.1, 0.15) is 43.2 Å². The SMILES string of the molecule is CCNC(=NCCc1c(C)noc1C)N1CCC(CN2CCCC2)C1. The molecule has 25 heavy (non-hydrogen) atoms. The van der Waals surface area contributed by atoms with E-state index < -0.39 is 0 Å². The minimum Gasteiger partial charge on any atom is -0.361 e. The molecule has 0 radical (unpaired) electrons. The number of likely N-dealkylation sites (tertiary alicyclic amines) is 2. The maximum Gasteiger partial charge on any atom is 0.193 e. The van der Waals surface area contributed by atoms with Crippen LogP contribution in [0.3, 0.4) is 0 Å². The normalized spacial score (nSPS) is 22.1. The van der Waals surface area contributed by atoms with Crippen molar-refractivity contribution in [3.8, 4) is 0 Å². The molecule has 140 valence electrons. The second-order valence-electron chi connectivity index (χ2n) is 7.40. The van der Waals surface area contributed by atoms with Crippen LogP contribution >= 0.6 is 0 Å². The third-order valence-corrected chi connectivity index (χ3v) is 5.44. The number of rotatable bonds is 6. The zero-order valence-electron chi connectivity index (χ0n) is 16.1. The van der Waals surface area contributed by atoms with Crippen molar-refractivity contribution in [1.82, 2.24) is 20.3 Å². The zero-order valence-corrected chi connectivity index (χ0v) is 16.1. The number of nitrogens with one attached hydrogen (secondary N) is 1. The van der Waals surface area contributed by atoms with Gasteiger partial charge in [-0.2, -0.15) is 0 Å². The van der Waals surface area contributed by atoms with Gasteiger partial charge in [0, 0.05) is 38.3 Å². The molecule has 6 heteroatoms. The second-order valence-corrected chi connectivity index (χ2v) is 7.40. The molecule has 2 saturated heterocycles. The summed E-state index contributed by atoms with van der Waals surface area (Å²) < 4.78 is 5.25. The molecule has 6 nitrogen and oxygen atoms in total. The Labute approximate surface area is 151 Å². The number of aliphatic imine (C=N–C) groups is 1. The van der Waals surface area contributed by atoms with Gasteiger partial charge in [-0.1, -0.05) is 5.16 Å². The summed E-state index contributed by atoms with van der Waals surface area (Å²) in [7, 11) is 0. The van der Waals surface area contributed by atoms with Crippen LogP contribution in [-0.4, -0.2) is 66.7 Å². The molecule has 0 saturated carbocycles. The Morgan fingerprint density at radius 3 is 2.76 bits per heavy atom. The number of nitrogens with zero attached hydrogens (tertiary/aromatic N) is 4. The topological polar surface area (TPSA) is 56.9 Å². The fourth-order valence-electron chi connectivity index (χ4n) is 4.06. The van der Waals surface area contributed by atoms with Crippen molar-refractivity contribution in [3.63, 3.8) is 0 Å². The maximum absolute atomic E-state index is 5.25. The van der Waals surface area contributed by atoms with Gasteiger partial charge in [-0.25, -0.2) is 0 Å². The lowest BCUT2D eigenvalue weighted by Gasteiger charge is -2.23. The molecule has 2 fully saturated rings. The zero-order chi connectivity index (χ0) is 17.6. The highest BCUT2D eigenvalue weighted by molar-refractivity contribution is 5.80. The molecule has 1 aromatic heterocycles. The molecule has 3 heterocycles. The average molecular weight is 348 g/mol. The third kappa shape index (κ3) is 4.75. The molecule has 2 aliphatic heterocycles. The standard InChI is InChI=1S/C19H33N5O/c1-4-20-19(21-9-7-18-15(2)22-25-16(18)3)24-12-8-17(14-24)13-23-10-5-6-11-23/h17H,4-14H2,1-3H3,(H,20,21). The van der Waals surface area contributed by atoms with E-state index in [1.54, 1.807) is 0 Å². The van der Waals surface area contributed by atoms with Gasteiger partial charge < -0.3 is 19.6 Å². The molecule has 1 atom stereocenters. The van der Waals surface area contributed by atoms with Gasteiger partial charge in [0.1, 0.15) is 5.76 Å². The van der Waals surface area contributed by atoms with Crippen molar-refractivity contribution in [3.05, 3.63) is 17.0 Å². The average Bonchev–Trinajstić information content (AvgIpc) is 3.33. The van der Waals surface area contributed by atoms with Gasteiger partial charge in [0.05, 0.1) is 5.69 Å². The van der Waals surface area contributed by atoms with Crippen molar-refractivity contribution in [2.24, 2.45) is 10.9 Å². The predicted octanol–water partition coefficient (Wildman–Crippen LogP) is 2.22. The number of aromatic nitrogens is 1. The fourth-order valence-corrected chi connectivity index (χ4v) is 4.06. The Morgan fingerprint density at radius 1 is 1.28 bits per heavy atom. The summed E-state index contributed by atoms with van der Waals surface area (Å²) >= 11 is 0. The Bertz CT molecular complexity index is 557. The Morgan fingerprint density at radius 2 is 2.08 bits per heavy atom. The van der Waals surface area contributed by atoms with E-state index in [2.05, 4.69) is 27.2 Å². The molecular formula is C19H33N5O. The first-order valence-corrected chi connectivity index (χ1v) is 9.84. The molecule has 0 bridgehead atoms. The quantitative estimate of drug-likeness (QED) is 0.632. The Balaban J connectivity index is 1.53. The van der Waals surface area contributed by atoms with Gasteiger partial charge in [-0.3, -0.25) is 4.99 Å². The largest absolute Gasteiger partial charge is 0.361 e. The predicted molar refractivity (Wildman–Crippen MR) is 101 cm³/mol. The minimum atomic E-state index is 0.776. The van der Waals surface area contributed by atoms with Crippen LogP contribution in [0.15, 0.2) is 9.52 Å². The van der Waals surface area contributed by atoms with Crippen molar-refractivity contribution >= 4 is 5.96 Å². The van der Waals surface area contributed by atoms with Crippen LogP contribution in [0.2, 0.25) is 0 Å². The van der Waals surface area contributed by atoms with Crippen molar-refractivity contribution in [2.45, 2.75) is 46.5 Å². The summed E-state index contributed by atoms with van der Waals surface area (Å²) in [6.07, 6.45) is 4.93. The van der Waals surface area contributed by atoms with E-state index in [0.717, 1.165) is 55.9 Å². The van der Waals surface area contributed by atoms with Gasteiger partial charge in [0.25, 0.3) is 0 Å². The van der Waals surface area contributed by atoms with E-state index in [0.29, 0.717) is 0 Å². The summed E-state index contributed by atoms with van der Waals surface area (Å²) in [5.74, 6) is 2.77. The minimum absolute atomic E-state index is 0.776. The van der Waals surface area contributed by atoms with Crippen LogP contribution in [0.5, 0.6) is 0 Å². The smallest absolute Gasteiger partial charge is 0.193 e. The first-order valence-electron chi connectivity index (χ1n) is 9.84. The molecule has 0 aromatic carbocycles. The van der Waals surface area contributed by atoms with Crippen LogP contribution in [-0.2, 0) is 6.42 Å². The molecule has 3 rings (SSSR count). The lowest BCUT2D eigenvalue weighted by Crippen LogP contribution is -2.41. The van der Waals surface area contributed by atoms with Crippen molar-refractivity contribution in [2.75, 3.05) is 45.8 Å². The van der Waals surface area contributed by atoms with Gasteiger partial charge in [-0.15, -0.1) is 0 Å². The molecule has 0 amide bonds. The fraction of sp³-hybridized carbons (Fsp3) is 0.789. The van der Waals surface area contributed by atoms with E-state index in [9.17, 15) is 0 Å². The van der Waals surface area contributed by atoms with Gasteiger partial charge >= 0.3 is 0 Å². The van der Waals surface area contributed by atoms with E-state index >= 15 is 0 Å². The molecule has 1 unspecified atom stereocenters. The van der Waals surface area contributed by atoms with Crippen LogP contribution in [0.4, 0.5) is 0 Å². The molecular weight excluding hydrogens is 314 g/mol. The van der Waals surface area contributed by atoms with Crippen LogP contribution < -0.4 is 5.32 Å². The molecule has 0 spiro atoms. The number of aryl methyl sites for hydroxylation is 2. The lowest BCUT2D eigenvalue weighted by molar-refractivity contribution is 0.281. The third-order valence-electron chi connectivity index (χ3n) is 5.44. The van der Waals surface area contributed by atoms with Crippen LogP contribution in [0.25, 0.3) is 0 Å². The summed E-state index contributed by atoms with van der Waals surface area (Å²) in [6, 6.07) is 0. The molecule has 1 N–H and O–H groups in total. The summed E-state index contributed by atoms with van der Waals surface area (Å²) in [5.41, 5.74) is 2.19. The second kappa shape index (κ2) is 8.70. The summed E-state index contributed by atoms with van der Waals surface area (Å²) in [6.45, 7) is 13.9. The van der Waals surface area contributed by atoms with E-state index in [4.69, 9.17) is 9.52 Å². The number of hydrogen-bond donors (Lipinski definition) is 1. The highest BCUT2D eigenvalue weighted by Gasteiger charge is 2.27. The molecule has 1 aromatic rings. The van der Waals surface area contributed by atoms with Gasteiger partial charge in [-0.05, 0) is 65.5 Å². The van der Waals surface area contributed by atoms with Crippen molar-refractivity contribution in [1.29, 1.82) is 0 Å². The highest BCUT2D eigenvalue weighted by Crippen LogP contribution is 2.20. The van der Waals surface area contributed by atoms with Gasteiger partial charge in [0.2, 0.25) is 0 Å². The lowest BCUT2D eigenvalue weighted by atomic mass is 10.1. The number of hydrogen-bond acceptors (Lipinski definition) is 4. The summed E-state index contributed by atoms with van der Waals surface area (Å²) in [4.78, 5) is 9.94. The highest BCUT2D eigenvalue weighted by atomic mass is 16.5. The monoisotopic (exact) mass is 347 g/mol. The Kier molecular flexibility index (Phi) is 6.34. The maximum atomic E-state index is 5.25. The number of guanidine groups is 1. The van der Waals surface area contributed by atoms with E-state index in [1.807, 2.05) is 13.8 Å².